The van der Waals surface area contributed by atoms with Gasteiger partial charge in [-0.25, -0.2) is 0 Å². The minimum absolute atomic E-state index is 0.468. The van der Waals surface area contributed by atoms with Crippen molar-refractivity contribution in [3.8, 4) is 5.75 Å². The van der Waals surface area contributed by atoms with Crippen molar-refractivity contribution in [2.24, 2.45) is 0 Å². The SMILES string of the molecule is Cc1cccc(OC(C(F)(F)F)C(F)(F)F)c1. The fourth-order valence-corrected chi connectivity index (χ4v) is 1.14. The molecular weight excluding hydrogens is 250 g/mol. The molecule has 7 heteroatoms. The maximum atomic E-state index is 12.2. The summed E-state index contributed by atoms with van der Waals surface area (Å²) in [4.78, 5) is 0. The fraction of sp³-hybridized carbons (Fsp3) is 0.400. The Morgan fingerprint density at radius 2 is 1.53 bits per heavy atom. The quantitative estimate of drug-likeness (QED) is 0.732. The normalized spacial score (nSPS) is 12.9. The van der Waals surface area contributed by atoms with E-state index in [1.807, 2.05) is 0 Å². The van der Waals surface area contributed by atoms with E-state index in [-0.39, 0.29) is 0 Å². The van der Waals surface area contributed by atoms with E-state index < -0.39 is 24.2 Å². The molecule has 1 aromatic carbocycles. The summed E-state index contributed by atoms with van der Waals surface area (Å²) in [5.41, 5.74) is 0.505. The van der Waals surface area contributed by atoms with Crippen LogP contribution < -0.4 is 4.74 Å². The van der Waals surface area contributed by atoms with Gasteiger partial charge in [0.15, 0.2) is 0 Å². The lowest BCUT2D eigenvalue weighted by Crippen LogP contribution is -2.46. The van der Waals surface area contributed by atoms with Crippen LogP contribution in [-0.4, -0.2) is 18.5 Å². The van der Waals surface area contributed by atoms with Gasteiger partial charge < -0.3 is 4.74 Å². The van der Waals surface area contributed by atoms with Crippen LogP contribution in [-0.2, 0) is 0 Å². The minimum atomic E-state index is -5.50. The summed E-state index contributed by atoms with van der Waals surface area (Å²) in [6.07, 6.45) is -14.8. The molecule has 96 valence electrons. The monoisotopic (exact) mass is 258 g/mol. The third-order valence-corrected chi connectivity index (χ3v) is 1.84. The average Bonchev–Trinajstić information content (AvgIpc) is 2.10. The van der Waals surface area contributed by atoms with Gasteiger partial charge in [0, 0.05) is 0 Å². The highest BCUT2D eigenvalue weighted by atomic mass is 19.4. The smallest absolute Gasteiger partial charge is 0.434 e. The number of alkyl halides is 6. The zero-order valence-electron chi connectivity index (χ0n) is 8.56. The zero-order valence-corrected chi connectivity index (χ0v) is 8.56. The Morgan fingerprint density at radius 1 is 1.00 bits per heavy atom. The van der Waals surface area contributed by atoms with Crippen LogP contribution in [0.3, 0.4) is 0 Å². The molecule has 0 bridgehead atoms. The summed E-state index contributed by atoms with van der Waals surface area (Å²) in [5, 5.41) is 0. The zero-order chi connectivity index (χ0) is 13.3. The first-order chi connectivity index (χ1) is 7.60. The topological polar surface area (TPSA) is 9.23 Å². The van der Waals surface area contributed by atoms with Crippen molar-refractivity contribution in [3.63, 3.8) is 0 Å². The second-order valence-corrected chi connectivity index (χ2v) is 3.40. The van der Waals surface area contributed by atoms with E-state index in [4.69, 9.17) is 0 Å². The number of benzene rings is 1. The lowest BCUT2D eigenvalue weighted by atomic mass is 10.2. The Kier molecular flexibility index (Phi) is 3.59. The summed E-state index contributed by atoms with van der Waals surface area (Å²) >= 11 is 0. The molecule has 0 spiro atoms. The molecule has 0 fully saturated rings. The number of halogens is 6. The fourth-order valence-electron chi connectivity index (χ4n) is 1.14. The van der Waals surface area contributed by atoms with Gasteiger partial charge in [0.1, 0.15) is 5.75 Å². The second-order valence-electron chi connectivity index (χ2n) is 3.40. The predicted molar refractivity (Wildman–Crippen MR) is 47.7 cm³/mol. The molecule has 0 aliphatic rings. The van der Waals surface area contributed by atoms with Gasteiger partial charge in [-0.3, -0.25) is 0 Å². The van der Waals surface area contributed by atoms with Crippen molar-refractivity contribution in [2.75, 3.05) is 0 Å². The van der Waals surface area contributed by atoms with Crippen molar-refractivity contribution in [1.82, 2.24) is 0 Å². The maximum Gasteiger partial charge on any atom is 0.434 e. The van der Waals surface area contributed by atoms with Crippen molar-refractivity contribution < 1.29 is 31.1 Å². The maximum absolute atomic E-state index is 12.2. The van der Waals surface area contributed by atoms with Crippen LogP contribution >= 0.6 is 0 Å². The minimum Gasteiger partial charge on any atom is -0.471 e. The summed E-state index contributed by atoms with van der Waals surface area (Å²) in [6, 6.07) is 4.99. The average molecular weight is 258 g/mol. The van der Waals surface area contributed by atoms with Crippen LogP contribution in [0, 0.1) is 6.92 Å². The first-order valence-corrected chi connectivity index (χ1v) is 4.47. The van der Waals surface area contributed by atoms with E-state index in [1.54, 1.807) is 0 Å². The molecule has 0 N–H and O–H groups in total. The van der Waals surface area contributed by atoms with Crippen LogP contribution in [0.4, 0.5) is 26.3 Å². The summed E-state index contributed by atoms with van der Waals surface area (Å²) < 4.78 is 76.9. The standard InChI is InChI=1S/C10H8F6O/c1-6-3-2-4-7(5-6)17-8(9(11,12)13)10(14,15)16/h2-5,8H,1H3. The lowest BCUT2D eigenvalue weighted by molar-refractivity contribution is -0.299. The molecule has 0 unspecified atom stereocenters. The number of hydrogen-bond donors (Lipinski definition) is 0. The molecule has 0 aliphatic carbocycles. The predicted octanol–water partition coefficient (Wildman–Crippen LogP) is 3.87. The molecular formula is C10H8F6O. The van der Waals surface area contributed by atoms with Crippen molar-refractivity contribution in [2.45, 2.75) is 25.4 Å². The molecule has 0 aromatic heterocycles. The molecule has 0 saturated carbocycles. The Hall–Kier alpha value is -1.40. The molecule has 0 atom stereocenters. The molecule has 0 heterocycles. The molecule has 1 nitrogen and oxygen atoms in total. The van der Waals surface area contributed by atoms with Gasteiger partial charge >= 0.3 is 12.4 Å². The molecule has 0 amide bonds. The van der Waals surface area contributed by atoms with Gasteiger partial charge in [-0.05, 0) is 24.6 Å². The lowest BCUT2D eigenvalue weighted by Gasteiger charge is -2.23. The molecule has 0 saturated heterocycles. The van der Waals surface area contributed by atoms with Crippen LogP contribution in [0.2, 0.25) is 0 Å². The summed E-state index contributed by atoms with van der Waals surface area (Å²) in [6.45, 7) is 1.53. The Labute approximate surface area is 93.0 Å². The van der Waals surface area contributed by atoms with Crippen molar-refractivity contribution in [1.29, 1.82) is 0 Å². The Bertz CT molecular complexity index is 367. The number of rotatable bonds is 2. The third kappa shape index (κ3) is 3.83. The highest BCUT2D eigenvalue weighted by Gasteiger charge is 2.59. The van der Waals surface area contributed by atoms with Gasteiger partial charge in [0.05, 0.1) is 0 Å². The number of aryl methyl sites for hydroxylation is 1. The number of ether oxygens (including phenoxy) is 1. The highest BCUT2D eigenvalue weighted by molar-refractivity contribution is 5.27. The van der Waals surface area contributed by atoms with E-state index in [0.717, 1.165) is 12.1 Å². The highest BCUT2D eigenvalue weighted by Crippen LogP contribution is 2.36. The van der Waals surface area contributed by atoms with Crippen LogP contribution in [0.1, 0.15) is 5.56 Å². The van der Waals surface area contributed by atoms with Crippen LogP contribution in [0.25, 0.3) is 0 Å². The van der Waals surface area contributed by atoms with Gasteiger partial charge in [-0.1, -0.05) is 12.1 Å². The Balaban J connectivity index is 2.96. The molecule has 0 aliphatic heterocycles. The number of hydrogen-bond acceptors (Lipinski definition) is 1. The van der Waals surface area contributed by atoms with E-state index in [9.17, 15) is 26.3 Å². The first kappa shape index (κ1) is 13.7. The van der Waals surface area contributed by atoms with Crippen molar-refractivity contribution in [3.05, 3.63) is 29.8 Å². The third-order valence-electron chi connectivity index (χ3n) is 1.84. The molecule has 1 aromatic rings. The van der Waals surface area contributed by atoms with Gasteiger partial charge in [0.25, 0.3) is 6.10 Å². The van der Waals surface area contributed by atoms with E-state index in [1.165, 1.54) is 19.1 Å². The van der Waals surface area contributed by atoms with Gasteiger partial charge in [-0.15, -0.1) is 0 Å². The largest absolute Gasteiger partial charge is 0.471 e. The van der Waals surface area contributed by atoms with Gasteiger partial charge in [-0.2, -0.15) is 26.3 Å². The van der Waals surface area contributed by atoms with Crippen LogP contribution in [0.5, 0.6) is 5.75 Å². The Morgan fingerprint density at radius 3 is 1.94 bits per heavy atom. The first-order valence-electron chi connectivity index (χ1n) is 4.47. The molecule has 17 heavy (non-hydrogen) atoms. The van der Waals surface area contributed by atoms with Crippen molar-refractivity contribution >= 4 is 0 Å². The molecule has 1 rings (SSSR count). The van der Waals surface area contributed by atoms with E-state index in [2.05, 4.69) is 4.74 Å². The van der Waals surface area contributed by atoms with E-state index in [0.29, 0.717) is 5.56 Å². The van der Waals surface area contributed by atoms with Crippen LogP contribution in [0.15, 0.2) is 24.3 Å². The molecule has 0 radical (unpaired) electrons. The van der Waals surface area contributed by atoms with E-state index >= 15 is 0 Å². The summed E-state index contributed by atoms with van der Waals surface area (Å²) in [5.74, 6) is -0.468. The van der Waals surface area contributed by atoms with Gasteiger partial charge in [0.2, 0.25) is 0 Å². The summed E-state index contributed by atoms with van der Waals surface area (Å²) in [7, 11) is 0. The second kappa shape index (κ2) is 4.46.